The molecule has 1 N–H and O–H groups in total. The lowest BCUT2D eigenvalue weighted by Gasteiger charge is -2.10. The average Bonchev–Trinajstić information content (AvgIpc) is 2.42. The third-order valence-electron chi connectivity index (χ3n) is 2.78. The minimum Gasteiger partial charge on any atom is -0.491 e. The first kappa shape index (κ1) is 17.7. The summed E-state index contributed by atoms with van der Waals surface area (Å²) in [6, 6.07) is 7.29. The number of hydrogen-bond donors (Lipinski definition) is 1. The molecule has 1 rings (SSSR count). The first-order valence-electron chi connectivity index (χ1n) is 7.61. The Bertz CT molecular complexity index is 413. The van der Waals surface area contributed by atoms with Crippen LogP contribution in [0.5, 0.6) is 5.75 Å². The number of rotatable bonds is 10. The van der Waals surface area contributed by atoms with Crippen molar-refractivity contribution in [2.75, 3.05) is 19.7 Å². The maximum atomic E-state index is 12.0. The zero-order chi connectivity index (χ0) is 15.7. The van der Waals surface area contributed by atoms with Gasteiger partial charge in [0.1, 0.15) is 5.75 Å². The van der Waals surface area contributed by atoms with Crippen molar-refractivity contribution in [3.05, 3.63) is 29.8 Å². The van der Waals surface area contributed by atoms with E-state index in [-0.39, 0.29) is 18.0 Å². The van der Waals surface area contributed by atoms with Crippen LogP contribution in [0.15, 0.2) is 24.3 Å². The third kappa shape index (κ3) is 7.83. The summed E-state index contributed by atoms with van der Waals surface area (Å²) in [7, 11) is 0. The van der Waals surface area contributed by atoms with E-state index in [9.17, 15) is 4.79 Å². The quantitative estimate of drug-likeness (QED) is 0.532. The molecule has 0 unspecified atom stereocenters. The molecule has 0 amide bonds. The average molecular weight is 293 g/mol. The van der Waals surface area contributed by atoms with Gasteiger partial charge in [-0.15, -0.1) is 0 Å². The zero-order valence-corrected chi connectivity index (χ0v) is 13.5. The molecule has 0 spiro atoms. The first-order valence-corrected chi connectivity index (χ1v) is 7.61. The topological polar surface area (TPSA) is 47.6 Å². The van der Waals surface area contributed by atoms with E-state index < -0.39 is 0 Å². The van der Waals surface area contributed by atoms with Gasteiger partial charge in [0, 0.05) is 12.2 Å². The minimum atomic E-state index is 0.0934. The van der Waals surface area contributed by atoms with Crippen molar-refractivity contribution in [2.24, 2.45) is 0 Å². The second-order valence-corrected chi connectivity index (χ2v) is 5.56. The van der Waals surface area contributed by atoms with E-state index in [1.54, 1.807) is 0 Å². The van der Waals surface area contributed by atoms with Gasteiger partial charge in [0.05, 0.1) is 18.8 Å². The van der Waals surface area contributed by atoms with Gasteiger partial charge in [-0.2, -0.15) is 0 Å². The van der Waals surface area contributed by atoms with Crippen LogP contribution in [0.25, 0.3) is 0 Å². The van der Waals surface area contributed by atoms with Gasteiger partial charge in [0.15, 0.2) is 5.78 Å². The summed E-state index contributed by atoms with van der Waals surface area (Å²) in [6.07, 6.45) is 1.31. The third-order valence-corrected chi connectivity index (χ3v) is 2.78. The Morgan fingerprint density at radius 1 is 1.10 bits per heavy atom. The van der Waals surface area contributed by atoms with Gasteiger partial charge >= 0.3 is 0 Å². The Hall–Kier alpha value is -1.39. The minimum absolute atomic E-state index is 0.0934. The fourth-order valence-electron chi connectivity index (χ4n) is 1.81. The van der Waals surface area contributed by atoms with Gasteiger partial charge in [-0.3, -0.25) is 4.79 Å². The van der Waals surface area contributed by atoms with Crippen molar-refractivity contribution in [3.63, 3.8) is 0 Å². The molecule has 0 radical (unpaired) electrons. The van der Waals surface area contributed by atoms with Crippen molar-refractivity contribution in [3.8, 4) is 5.75 Å². The maximum absolute atomic E-state index is 12.0. The Kier molecular flexibility index (Phi) is 8.01. The van der Waals surface area contributed by atoms with E-state index >= 15 is 0 Å². The number of Topliss-reactive ketones (excluding diaryl/α,β-unsaturated/α-hetero) is 1. The number of carbonyl (C=O) groups is 1. The molecule has 0 bridgehead atoms. The molecule has 0 aliphatic rings. The summed E-state index contributed by atoms with van der Waals surface area (Å²) < 4.78 is 11.0. The van der Waals surface area contributed by atoms with Crippen molar-refractivity contribution in [1.29, 1.82) is 0 Å². The molecular formula is C17H27NO3. The molecule has 1 aromatic rings. The van der Waals surface area contributed by atoms with Gasteiger partial charge in [-0.25, -0.2) is 0 Å². The predicted octanol–water partition coefficient (Wildman–Crippen LogP) is 3.06. The van der Waals surface area contributed by atoms with Crippen molar-refractivity contribution >= 4 is 5.78 Å². The summed E-state index contributed by atoms with van der Waals surface area (Å²) in [5.74, 6) is 0.885. The normalized spacial score (nSPS) is 11.1. The van der Waals surface area contributed by atoms with Gasteiger partial charge in [-0.1, -0.05) is 0 Å². The first-order chi connectivity index (χ1) is 9.99. The van der Waals surface area contributed by atoms with Crippen molar-refractivity contribution < 1.29 is 14.3 Å². The van der Waals surface area contributed by atoms with E-state index in [4.69, 9.17) is 9.47 Å². The molecule has 0 fully saturated rings. The Morgan fingerprint density at radius 2 is 1.76 bits per heavy atom. The molecule has 0 saturated heterocycles. The van der Waals surface area contributed by atoms with Gasteiger partial charge in [0.25, 0.3) is 0 Å². The molecule has 0 heterocycles. The second kappa shape index (κ2) is 9.53. The monoisotopic (exact) mass is 293 g/mol. The molecule has 0 aliphatic carbocycles. The van der Waals surface area contributed by atoms with Crippen LogP contribution in [0.3, 0.4) is 0 Å². The lowest BCUT2D eigenvalue weighted by atomic mass is 10.1. The summed E-state index contributed by atoms with van der Waals surface area (Å²) in [5.41, 5.74) is 0.706. The van der Waals surface area contributed by atoms with Crippen molar-refractivity contribution in [1.82, 2.24) is 5.32 Å². The SMILES string of the molecule is CC(C)OCCCNCC(=O)c1ccc(OC(C)C)cc1. The summed E-state index contributed by atoms with van der Waals surface area (Å²) in [4.78, 5) is 12.0. The lowest BCUT2D eigenvalue weighted by molar-refractivity contribution is 0.0767. The molecule has 0 aliphatic heterocycles. The van der Waals surface area contributed by atoms with Crippen LogP contribution in [0.1, 0.15) is 44.5 Å². The Labute approximate surface area is 127 Å². The fraction of sp³-hybridized carbons (Fsp3) is 0.588. The highest BCUT2D eigenvalue weighted by atomic mass is 16.5. The highest BCUT2D eigenvalue weighted by Crippen LogP contribution is 2.14. The van der Waals surface area contributed by atoms with E-state index in [1.165, 1.54) is 0 Å². The van der Waals surface area contributed by atoms with Gasteiger partial charge in [0.2, 0.25) is 0 Å². The summed E-state index contributed by atoms with van der Waals surface area (Å²) >= 11 is 0. The Morgan fingerprint density at radius 3 is 2.33 bits per heavy atom. The van der Waals surface area contributed by atoms with Crippen LogP contribution in [-0.2, 0) is 4.74 Å². The number of ketones is 1. The lowest BCUT2D eigenvalue weighted by Crippen LogP contribution is -2.25. The molecule has 0 atom stereocenters. The maximum Gasteiger partial charge on any atom is 0.176 e. The molecule has 4 heteroatoms. The molecule has 1 aromatic carbocycles. The highest BCUT2D eigenvalue weighted by Gasteiger charge is 2.06. The number of ether oxygens (including phenoxy) is 2. The van der Waals surface area contributed by atoms with Crippen LogP contribution in [0, 0.1) is 0 Å². The number of carbonyl (C=O) groups excluding carboxylic acids is 1. The number of benzene rings is 1. The number of nitrogens with one attached hydrogen (secondary N) is 1. The van der Waals surface area contributed by atoms with Crippen molar-refractivity contribution in [2.45, 2.75) is 46.3 Å². The number of hydrogen-bond acceptors (Lipinski definition) is 4. The standard InChI is InChI=1S/C17H27NO3/c1-13(2)20-11-5-10-18-12-17(19)15-6-8-16(9-7-15)21-14(3)4/h6-9,13-14,18H,5,10-12H2,1-4H3. The van der Waals surface area contributed by atoms with E-state index in [1.807, 2.05) is 52.0 Å². The van der Waals surface area contributed by atoms with Gasteiger partial charge in [-0.05, 0) is 64.9 Å². The molecular weight excluding hydrogens is 266 g/mol. The van der Waals surface area contributed by atoms with Gasteiger partial charge < -0.3 is 14.8 Å². The molecule has 21 heavy (non-hydrogen) atoms. The predicted molar refractivity (Wildman–Crippen MR) is 85.1 cm³/mol. The summed E-state index contributed by atoms with van der Waals surface area (Å²) in [6.45, 7) is 9.85. The molecule has 118 valence electrons. The van der Waals surface area contributed by atoms with E-state index in [2.05, 4.69) is 5.32 Å². The fourth-order valence-corrected chi connectivity index (χ4v) is 1.81. The highest BCUT2D eigenvalue weighted by molar-refractivity contribution is 5.97. The van der Waals surface area contributed by atoms with Crippen LogP contribution < -0.4 is 10.1 Å². The van der Waals surface area contributed by atoms with E-state index in [0.717, 1.165) is 25.3 Å². The molecule has 4 nitrogen and oxygen atoms in total. The molecule has 0 aromatic heterocycles. The second-order valence-electron chi connectivity index (χ2n) is 5.56. The largest absolute Gasteiger partial charge is 0.491 e. The Balaban J connectivity index is 2.25. The molecule has 0 saturated carbocycles. The summed E-state index contributed by atoms with van der Waals surface area (Å²) in [5, 5.41) is 3.14. The van der Waals surface area contributed by atoms with E-state index in [0.29, 0.717) is 12.1 Å². The van der Waals surface area contributed by atoms with Crippen LogP contribution in [0.4, 0.5) is 0 Å². The smallest absolute Gasteiger partial charge is 0.176 e. The van der Waals surface area contributed by atoms with Crippen LogP contribution in [-0.4, -0.2) is 37.7 Å². The van der Waals surface area contributed by atoms with Crippen LogP contribution >= 0.6 is 0 Å². The van der Waals surface area contributed by atoms with Crippen LogP contribution in [0.2, 0.25) is 0 Å². The zero-order valence-electron chi connectivity index (χ0n) is 13.5.